The van der Waals surface area contributed by atoms with Gasteiger partial charge >= 0.3 is 0 Å². The first-order valence-electron chi connectivity index (χ1n) is 5.45. The summed E-state index contributed by atoms with van der Waals surface area (Å²) >= 11 is 0. The van der Waals surface area contributed by atoms with Crippen LogP contribution in [0.5, 0.6) is 0 Å². The predicted molar refractivity (Wildman–Crippen MR) is 63.0 cm³/mol. The monoisotopic (exact) mass is 206 g/mol. The molecule has 3 nitrogen and oxygen atoms in total. The summed E-state index contributed by atoms with van der Waals surface area (Å²) in [5.74, 6) is 0. The maximum atomic E-state index is 9.04. The first-order valence-corrected chi connectivity index (χ1v) is 5.45. The molecule has 1 aromatic carbocycles. The Kier molecular flexibility index (Phi) is 2.82. The summed E-state index contributed by atoms with van der Waals surface area (Å²) in [5, 5.41) is 9.04. The van der Waals surface area contributed by atoms with Crippen LogP contribution in [0.3, 0.4) is 0 Å². The average molecular weight is 206 g/mol. The molecule has 0 spiro atoms. The van der Waals surface area contributed by atoms with Gasteiger partial charge in [0, 0.05) is 24.0 Å². The van der Waals surface area contributed by atoms with Crippen LogP contribution in [0, 0.1) is 6.92 Å². The summed E-state index contributed by atoms with van der Waals surface area (Å²) in [6, 6.07) is 6.69. The highest BCUT2D eigenvalue weighted by Gasteiger charge is 2.28. The fourth-order valence-electron chi connectivity index (χ4n) is 1.97. The second kappa shape index (κ2) is 4.11. The number of aliphatic hydroxyl groups excluding tert-OH is 1. The van der Waals surface area contributed by atoms with Gasteiger partial charge in [0.25, 0.3) is 0 Å². The maximum Gasteiger partial charge on any atom is 0.0606 e. The van der Waals surface area contributed by atoms with Gasteiger partial charge in [-0.15, -0.1) is 0 Å². The molecule has 0 saturated heterocycles. The van der Waals surface area contributed by atoms with Crippen LogP contribution in [-0.4, -0.2) is 24.3 Å². The molecule has 2 rings (SSSR count). The van der Waals surface area contributed by atoms with E-state index in [1.807, 2.05) is 19.1 Å². The molecule has 0 radical (unpaired) electrons. The lowest BCUT2D eigenvalue weighted by atomic mass is 10.2. The van der Waals surface area contributed by atoms with Crippen LogP contribution in [0.25, 0.3) is 0 Å². The van der Waals surface area contributed by atoms with Crippen molar-refractivity contribution in [2.75, 3.05) is 23.8 Å². The summed E-state index contributed by atoms with van der Waals surface area (Å²) in [6.07, 6.45) is 2.46. The van der Waals surface area contributed by atoms with Crippen molar-refractivity contribution < 1.29 is 5.11 Å². The van der Waals surface area contributed by atoms with E-state index in [0.717, 1.165) is 11.4 Å². The number of hydrogen-bond donors (Lipinski definition) is 2. The Morgan fingerprint density at radius 1 is 1.40 bits per heavy atom. The topological polar surface area (TPSA) is 49.5 Å². The van der Waals surface area contributed by atoms with Crippen LogP contribution < -0.4 is 10.6 Å². The minimum Gasteiger partial charge on any atom is -0.399 e. The van der Waals surface area contributed by atoms with Gasteiger partial charge in [0.05, 0.1) is 6.61 Å². The van der Waals surface area contributed by atoms with Gasteiger partial charge in [0.1, 0.15) is 0 Å². The van der Waals surface area contributed by atoms with Gasteiger partial charge in [-0.3, -0.25) is 0 Å². The third-order valence-electron chi connectivity index (χ3n) is 2.74. The van der Waals surface area contributed by atoms with Crippen molar-refractivity contribution in [2.45, 2.75) is 25.8 Å². The van der Waals surface area contributed by atoms with Gasteiger partial charge in [-0.25, -0.2) is 0 Å². The number of nitrogens with two attached hydrogens (primary N) is 1. The van der Waals surface area contributed by atoms with Gasteiger partial charge in [-0.05, 0) is 43.5 Å². The average Bonchev–Trinajstić information content (AvgIpc) is 2.95. The number of nitrogen functional groups attached to an aromatic ring is 1. The molecule has 1 saturated carbocycles. The van der Waals surface area contributed by atoms with Crippen LogP contribution in [0.15, 0.2) is 18.2 Å². The van der Waals surface area contributed by atoms with Gasteiger partial charge in [-0.1, -0.05) is 0 Å². The number of aryl methyl sites for hydroxylation is 1. The first-order chi connectivity index (χ1) is 7.20. The van der Waals surface area contributed by atoms with E-state index in [2.05, 4.69) is 11.0 Å². The molecule has 0 atom stereocenters. The van der Waals surface area contributed by atoms with E-state index in [9.17, 15) is 0 Å². The van der Waals surface area contributed by atoms with E-state index in [4.69, 9.17) is 10.8 Å². The molecule has 0 unspecified atom stereocenters. The molecule has 0 aromatic heterocycles. The highest BCUT2D eigenvalue weighted by molar-refractivity contribution is 5.59. The molecule has 1 aromatic rings. The first kappa shape index (κ1) is 10.3. The van der Waals surface area contributed by atoms with Gasteiger partial charge in [0.2, 0.25) is 0 Å². The van der Waals surface area contributed by atoms with E-state index in [1.165, 1.54) is 18.4 Å². The van der Waals surface area contributed by atoms with Crippen molar-refractivity contribution in [3.8, 4) is 0 Å². The summed E-state index contributed by atoms with van der Waals surface area (Å²) < 4.78 is 0. The van der Waals surface area contributed by atoms with E-state index in [-0.39, 0.29) is 6.61 Å². The van der Waals surface area contributed by atoms with Crippen LogP contribution in [0.1, 0.15) is 18.4 Å². The number of benzene rings is 1. The molecule has 15 heavy (non-hydrogen) atoms. The van der Waals surface area contributed by atoms with Crippen molar-refractivity contribution >= 4 is 11.4 Å². The van der Waals surface area contributed by atoms with Crippen molar-refractivity contribution in [3.05, 3.63) is 23.8 Å². The fourth-order valence-corrected chi connectivity index (χ4v) is 1.97. The molecule has 0 aliphatic heterocycles. The SMILES string of the molecule is Cc1cc(N)cc(N(CCO)C2CC2)c1. The Balaban J connectivity index is 2.24. The largest absolute Gasteiger partial charge is 0.399 e. The Hall–Kier alpha value is -1.22. The Bertz CT molecular complexity index is 327. The zero-order valence-electron chi connectivity index (χ0n) is 9.11. The van der Waals surface area contributed by atoms with Crippen LogP contribution in [-0.2, 0) is 0 Å². The zero-order valence-corrected chi connectivity index (χ0v) is 9.11. The van der Waals surface area contributed by atoms with Crippen LogP contribution in [0.4, 0.5) is 11.4 Å². The lowest BCUT2D eigenvalue weighted by molar-refractivity contribution is 0.301. The highest BCUT2D eigenvalue weighted by Crippen LogP contribution is 2.32. The number of aliphatic hydroxyl groups is 1. The maximum absolute atomic E-state index is 9.04. The summed E-state index contributed by atoms with van der Waals surface area (Å²) in [4.78, 5) is 2.25. The minimum atomic E-state index is 0.199. The Morgan fingerprint density at radius 2 is 2.13 bits per heavy atom. The molecule has 1 aliphatic carbocycles. The zero-order chi connectivity index (χ0) is 10.8. The smallest absolute Gasteiger partial charge is 0.0606 e. The molecular formula is C12H18N2O. The quantitative estimate of drug-likeness (QED) is 0.735. The molecule has 0 bridgehead atoms. The second-order valence-electron chi connectivity index (χ2n) is 4.25. The fraction of sp³-hybridized carbons (Fsp3) is 0.500. The lowest BCUT2D eigenvalue weighted by Gasteiger charge is -2.24. The molecule has 0 heterocycles. The Labute approximate surface area is 90.5 Å². The number of anilines is 2. The van der Waals surface area contributed by atoms with E-state index in [0.29, 0.717) is 12.6 Å². The van der Waals surface area contributed by atoms with Gasteiger partial charge in [-0.2, -0.15) is 0 Å². The lowest BCUT2D eigenvalue weighted by Crippen LogP contribution is -2.28. The normalized spacial score (nSPS) is 15.3. The van der Waals surface area contributed by atoms with E-state index < -0.39 is 0 Å². The van der Waals surface area contributed by atoms with Crippen molar-refractivity contribution in [2.24, 2.45) is 0 Å². The highest BCUT2D eigenvalue weighted by atomic mass is 16.3. The molecule has 3 N–H and O–H groups in total. The molecule has 82 valence electrons. The molecule has 1 fully saturated rings. The summed E-state index contributed by atoms with van der Waals surface area (Å²) in [6.45, 7) is 2.95. The van der Waals surface area contributed by atoms with Gasteiger partial charge in [0.15, 0.2) is 0 Å². The van der Waals surface area contributed by atoms with Crippen molar-refractivity contribution in [1.29, 1.82) is 0 Å². The number of rotatable bonds is 4. The number of nitrogens with zero attached hydrogens (tertiary/aromatic N) is 1. The number of hydrogen-bond acceptors (Lipinski definition) is 3. The van der Waals surface area contributed by atoms with E-state index >= 15 is 0 Å². The van der Waals surface area contributed by atoms with Crippen molar-refractivity contribution in [3.63, 3.8) is 0 Å². The second-order valence-corrected chi connectivity index (χ2v) is 4.25. The van der Waals surface area contributed by atoms with Gasteiger partial charge < -0.3 is 15.7 Å². The molecular weight excluding hydrogens is 188 g/mol. The third kappa shape index (κ3) is 2.42. The van der Waals surface area contributed by atoms with Crippen LogP contribution >= 0.6 is 0 Å². The molecule has 1 aliphatic rings. The van der Waals surface area contributed by atoms with E-state index in [1.54, 1.807) is 0 Å². The minimum absolute atomic E-state index is 0.199. The summed E-state index contributed by atoms with van der Waals surface area (Å²) in [7, 11) is 0. The third-order valence-corrected chi connectivity index (χ3v) is 2.74. The molecule has 0 amide bonds. The standard InChI is InChI=1S/C12H18N2O/c1-9-6-10(13)8-12(7-9)14(4-5-15)11-2-3-11/h6-8,11,15H,2-5,13H2,1H3. The summed E-state index contributed by atoms with van der Waals surface area (Å²) in [5.41, 5.74) is 8.94. The predicted octanol–water partition coefficient (Wildman–Crippen LogP) is 1.54. The van der Waals surface area contributed by atoms with Crippen LogP contribution in [0.2, 0.25) is 0 Å². The van der Waals surface area contributed by atoms with Crippen molar-refractivity contribution in [1.82, 2.24) is 0 Å². The molecule has 3 heteroatoms. The Morgan fingerprint density at radius 3 is 2.67 bits per heavy atom.